The standard InChI is InChI=1S/C11H16N2O4/c1-8(7-10(15)16)11(17)13-5-3-12(4-6-13)9(2)14/h7H,3-6H2,1-2H3,(H,15,16)/b8-7+. The summed E-state index contributed by atoms with van der Waals surface area (Å²) in [5.41, 5.74) is 0.203. The molecule has 0 spiro atoms. The number of piperazine rings is 1. The van der Waals surface area contributed by atoms with Crippen molar-refractivity contribution in [2.45, 2.75) is 13.8 Å². The fourth-order valence-corrected chi connectivity index (χ4v) is 1.72. The summed E-state index contributed by atoms with van der Waals surface area (Å²) >= 11 is 0. The van der Waals surface area contributed by atoms with E-state index in [1.165, 1.54) is 13.8 Å². The Kier molecular flexibility index (Phi) is 4.25. The van der Waals surface area contributed by atoms with Crippen LogP contribution in [0.3, 0.4) is 0 Å². The molecule has 0 aromatic rings. The predicted molar refractivity (Wildman–Crippen MR) is 60.2 cm³/mol. The minimum atomic E-state index is -1.13. The largest absolute Gasteiger partial charge is 0.478 e. The number of nitrogens with zero attached hydrogens (tertiary/aromatic N) is 2. The molecule has 1 saturated heterocycles. The Morgan fingerprint density at radius 3 is 1.88 bits per heavy atom. The number of carbonyl (C=O) groups excluding carboxylic acids is 2. The highest BCUT2D eigenvalue weighted by atomic mass is 16.4. The molecule has 0 unspecified atom stereocenters. The summed E-state index contributed by atoms with van der Waals surface area (Å²) in [5, 5.41) is 8.55. The summed E-state index contributed by atoms with van der Waals surface area (Å²) in [6, 6.07) is 0. The van der Waals surface area contributed by atoms with Crippen LogP contribution in [0.15, 0.2) is 11.6 Å². The van der Waals surface area contributed by atoms with Gasteiger partial charge in [-0.15, -0.1) is 0 Å². The summed E-state index contributed by atoms with van der Waals surface area (Å²) in [4.78, 5) is 36.6. The van der Waals surface area contributed by atoms with Crippen molar-refractivity contribution < 1.29 is 19.5 Å². The molecule has 0 bridgehead atoms. The van der Waals surface area contributed by atoms with Gasteiger partial charge in [-0.3, -0.25) is 9.59 Å². The number of aliphatic carboxylic acids is 1. The van der Waals surface area contributed by atoms with Gasteiger partial charge in [0.1, 0.15) is 0 Å². The molecule has 2 amide bonds. The second-order valence-corrected chi connectivity index (χ2v) is 3.96. The van der Waals surface area contributed by atoms with Crippen LogP contribution < -0.4 is 0 Å². The van der Waals surface area contributed by atoms with E-state index >= 15 is 0 Å². The third-order valence-electron chi connectivity index (χ3n) is 2.69. The van der Waals surface area contributed by atoms with E-state index in [-0.39, 0.29) is 17.4 Å². The molecule has 94 valence electrons. The van der Waals surface area contributed by atoms with Crippen LogP contribution in [0.2, 0.25) is 0 Å². The molecule has 1 aliphatic rings. The lowest BCUT2D eigenvalue weighted by atomic mass is 10.2. The third kappa shape index (κ3) is 3.58. The molecule has 17 heavy (non-hydrogen) atoms. The van der Waals surface area contributed by atoms with E-state index in [0.29, 0.717) is 26.2 Å². The van der Waals surface area contributed by atoms with Gasteiger partial charge in [0.2, 0.25) is 11.8 Å². The van der Waals surface area contributed by atoms with E-state index in [1.807, 2.05) is 0 Å². The van der Waals surface area contributed by atoms with Gasteiger partial charge in [0.05, 0.1) is 0 Å². The highest BCUT2D eigenvalue weighted by molar-refractivity contribution is 5.98. The number of hydrogen-bond donors (Lipinski definition) is 1. The highest BCUT2D eigenvalue weighted by Crippen LogP contribution is 2.07. The van der Waals surface area contributed by atoms with Crippen LogP contribution in [0.1, 0.15) is 13.8 Å². The quantitative estimate of drug-likeness (QED) is 0.673. The SMILES string of the molecule is CC(=O)N1CCN(C(=O)/C(C)=C/C(=O)O)CC1. The fourth-order valence-electron chi connectivity index (χ4n) is 1.72. The van der Waals surface area contributed by atoms with Gasteiger partial charge < -0.3 is 14.9 Å². The smallest absolute Gasteiger partial charge is 0.328 e. The number of carbonyl (C=O) groups is 3. The van der Waals surface area contributed by atoms with E-state index in [9.17, 15) is 14.4 Å². The summed E-state index contributed by atoms with van der Waals surface area (Å²) < 4.78 is 0. The molecule has 0 radical (unpaired) electrons. The molecule has 1 fully saturated rings. The van der Waals surface area contributed by atoms with Crippen molar-refractivity contribution in [2.75, 3.05) is 26.2 Å². The molecule has 1 N–H and O–H groups in total. The number of amides is 2. The highest BCUT2D eigenvalue weighted by Gasteiger charge is 2.23. The molecule has 0 aromatic heterocycles. The number of hydrogen-bond acceptors (Lipinski definition) is 3. The Morgan fingerprint density at radius 2 is 1.47 bits per heavy atom. The molecular formula is C11H16N2O4. The maximum Gasteiger partial charge on any atom is 0.328 e. The molecule has 0 aliphatic carbocycles. The maximum atomic E-state index is 11.8. The van der Waals surface area contributed by atoms with Crippen LogP contribution in [-0.4, -0.2) is 58.9 Å². The minimum Gasteiger partial charge on any atom is -0.478 e. The molecule has 1 rings (SSSR count). The van der Waals surface area contributed by atoms with E-state index in [0.717, 1.165) is 6.08 Å². The summed E-state index contributed by atoms with van der Waals surface area (Å²) in [7, 11) is 0. The van der Waals surface area contributed by atoms with E-state index < -0.39 is 5.97 Å². The zero-order valence-electron chi connectivity index (χ0n) is 9.97. The van der Waals surface area contributed by atoms with Crippen LogP contribution in [0.4, 0.5) is 0 Å². The zero-order chi connectivity index (χ0) is 13.0. The Labute approximate surface area is 99.5 Å². The molecule has 6 heteroatoms. The Bertz CT molecular complexity index is 368. The van der Waals surface area contributed by atoms with Crippen LogP contribution in [-0.2, 0) is 14.4 Å². The van der Waals surface area contributed by atoms with Gasteiger partial charge in [-0.2, -0.15) is 0 Å². The number of carboxylic acids is 1. The molecular weight excluding hydrogens is 224 g/mol. The van der Waals surface area contributed by atoms with Crippen molar-refractivity contribution in [3.05, 3.63) is 11.6 Å². The Balaban J connectivity index is 2.57. The molecule has 0 atom stereocenters. The van der Waals surface area contributed by atoms with Crippen LogP contribution in [0.25, 0.3) is 0 Å². The van der Waals surface area contributed by atoms with Gasteiger partial charge >= 0.3 is 5.97 Å². The lowest BCUT2D eigenvalue weighted by Gasteiger charge is -2.34. The predicted octanol–water partition coefficient (Wildman–Crippen LogP) is -0.292. The average molecular weight is 240 g/mol. The molecule has 1 heterocycles. The van der Waals surface area contributed by atoms with Crippen molar-refractivity contribution in [3.63, 3.8) is 0 Å². The van der Waals surface area contributed by atoms with Crippen LogP contribution in [0, 0.1) is 0 Å². The summed E-state index contributed by atoms with van der Waals surface area (Å²) in [6.07, 6.45) is 0.902. The van der Waals surface area contributed by atoms with Gasteiger partial charge in [0, 0.05) is 44.8 Å². The first-order valence-electron chi connectivity index (χ1n) is 5.38. The van der Waals surface area contributed by atoms with E-state index in [2.05, 4.69) is 0 Å². The topological polar surface area (TPSA) is 77.9 Å². The van der Waals surface area contributed by atoms with Gasteiger partial charge in [0.15, 0.2) is 0 Å². The molecule has 0 aromatic carbocycles. The van der Waals surface area contributed by atoms with E-state index in [1.54, 1.807) is 9.80 Å². The monoisotopic (exact) mass is 240 g/mol. The normalized spacial score (nSPS) is 16.9. The first-order chi connectivity index (χ1) is 7.91. The van der Waals surface area contributed by atoms with Crippen molar-refractivity contribution >= 4 is 17.8 Å². The average Bonchev–Trinajstić information content (AvgIpc) is 2.27. The lowest BCUT2D eigenvalue weighted by Crippen LogP contribution is -2.50. The number of rotatable bonds is 2. The van der Waals surface area contributed by atoms with Crippen LogP contribution >= 0.6 is 0 Å². The number of carboxylic acid groups (broad SMARTS) is 1. The first kappa shape index (κ1) is 13.2. The zero-order valence-corrected chi connectivity index (χ0v) is 9.97. The van der Waals surface area contributed by atoms with Gasteiger partial charge in [-0.25, -0.2) is 4.79 Å². The molecule has 6 nitrogen and oxygen atoms in total. The fraction of sp³-hybridized carbons (Fsp3) is 0.545. The van der Waals surface area contributed by atoms with Crippen molar-refractivity contribution in [1.82, 2.24) is 9.80 Å². The minimum absolute atomic E-state index is 0.00472. The summed E-state index contributed by atoms with van der Waals surface area (Å²) in [5.74, 6) is -1.41. The van der Waals surface area contributed by atoms with Crippen molar-refractivity contribution in [3.8, 4) is 0 Å². The molecule has 0 saturated carbocycles. The third-order valence-corrected chi connectivity index (χ3v) is 2.69. The van der Waals surface area contributed by atoms with Gasteiger partial charge in [-0.1, -0.05) is 0 Å². The Morgan fingerprint density at radius 1 is 1.00 bits per heavy atom. The molecule has 1 aliphatic heterocycles. The van der Waals surface area contributed by atoms with Gasteiger partial charge in [-0.05, 0) is 6.92 Å². The van der Waals surface area contributed by atoms with E-state index in [4.69, 9.17) is 5.11 Å². The second kappa shape index (κ2) is 5.47. The lowest BCUT2D eigenvalue weighted by molar-refractivity contribution is -0.136. The van der Waals surface area contributed by atoms with Gasteiger partial charge in [0.25, 0.3) is 0 Å². The second-order valence-electron chi connectivity index (χ2n) is 3.96. The van der Waals surface area contributed by atoms with Crippen molar-refractivity contribution in [2.24, 2.45) is 0 Å². The Hall–Kier alpha value is -1.85. The summed E-state index contributed by atoms with van der Waals surface area (Å²) in [6.45, 7) is 4.87. The maximum absolute atomic E-state index is 11.8. The van der Waals surface area contributed by atoms with Crippen LogP contribution in [0.5, 0.6) is 0 Å². The first-order valence-corrected chi connectivity index (χ1v) is 5.38. The van der Waals surface area contributed by atoms with Crippen molar-refractivity contribution in [1.29, 1.82) is 0 Å².